The number of ether oxygens (including phenoxy) is 1. The molecule has 0 aliphatic heterocycles. The first kappa shape index (κ1) is 23.3. The van der Waals surface area contributed by atoms with E-state index in [1.807, 2.05) is 0 Å². The number of carbonyl (C=O) groups excluding carboxylic acids is 2. The van der Waals surface area contributed by atoms with Crippen molar-refractivity contribution >= 4 is 40.4 Å². The van der Waals surface area contributed by atoms with E-state index < -0.39 is 0 Å². The SMILES string of the molecule is C=CC(=O)Nc1ccc(-c2nn3ncnc(N)c3c2-c2ccc(C(=O)NC3CC3)c(OC)c2)c(Cl)c1. The minimum atomic E-state index is -0.354. The molecule has 0 atom stereocenters. The second-order valence-corrected chi connectivity index (χ2v) is 8.66. The minimum absolute atomic E-state index is 0.191. The van der Waals surface area contributed by atoms with E-state index in [9.17, 15) is 9.59 Å². The van der Waals surface area contributed by atoms with Crippen LogP contribution in [0.25, 0.3) is 27.9 Å². The summed E-state index contributed by atoms with van der Waals surface area (Å²) in [4.78, 5) is 28.5. The third-order valence-electron chi connectivity index (χ3n) is 5.79. The molecule has 0 bridgehead atoms. The van der Waals surface area contributed by atoms with Gasteiger partial charge in [-0.2, -0.15) is 0 Å². The highest BCUT2D eigenvalue weighted by Crippen LogP contribution is 2.41. The lowest BCUT2D eigenvalue weighted by atomic mass is 9.97. The Balaban J connectivity index is 1.65. The summed E-state index contributed by atoms with van der Waals surface area (Å²) in [6, 6.07) is 10.5. The number of nitrogens with zero attached hydrogens (tertiary/aromatic N) is 4. The number of carbonyl (C=O) groups is 2. The lowest BCUT2D eigenvalue weighted by molar-refractivity contribution is -0.111. The molecule has 0 unspecified atom stereocenters. The largest absolute Gasteiger partial charge is 0.496 e. The Hall–Kier alpha value is -4.44. The average Bonchev–Trinajstić information content (AvgIpc) is 3.60. The van der Waals surface area contributed by atoms with Crippen LogP contribution in [0.1, 0.15) is 23.2 Å². The minimum Gasteiger partial charge on any atom is -0.496 e. The Bertz CT molecular complexity index is 1530. The number of nitrogens with one attached hydrogen (secondary N) is 2. The van der Waals surface area contributed by atoms with E-state index in [-0.39, 0.29) is 23.7 Å². The molecule has 2 amide bonds. The summed E-state index contributed by atoms with van der Waals surface area (Å²) in [5, 5.41) is 14.8. The summed E-state index contributed by atoms with van der Waals surface area (Å²) >= 11 is 6.63. The van der Waals surface area contributed by atoms with E-state index in [0.29, 0.717) is 49.9 Å². The van der Waals surface area contributed by atoms with Gasteiger partial charge in [0.15, 0.2) is 5.82 Å². The Morgan fingerprint density at radius 2 is 2.06 bits per heavy atom. The van der Waals surface area contributed by atoms with Gasteiger partial charge in [0.2, 0.25) is 5.91 Å². The predicted molar refractivity (Wildman–Crippen MR) is 137 cm³/mol. The molecule has 1 saturated carbocycles. The standard InChI is InChI=1S/C25H22ClN7O3/c1-3-20(34)30-15-7-9-16(18(26)11-15)22-21(23-24(27)28-12-29-33(23)32-22)13-4-8-17(19(10-13)36-2)25(35)31-14-5-6-14/h3-4,7-12,14H,1,5-6H2,2H3,(H,30,34)(H,31,35)(H2,27,28,29). The Morgan fingerprint density at radius 1 is 1.25 bits per heavy atom. The van der Waals surface area contributed by atoms with Crippen molar-refractivity contribution in [2.24, 2.45) is 0 Å². The number of fused-ring (bicyclic) bond motifs is 1. The van der Waals surface area contributed by atoms with E-state index in [4.69, 9.17) is 22.1 Å². The molecule has 2 aromatic carbocycles. The quantitative estimate of drug-likeness (QED) is 0.327. The summed E-state index contributed by atoms with van der Waals surface area (Å²) in [6.07, 6.45) is 4.44. The number of nitrogens with two attached hydrogens (primary N) is 1. The van der Waals surface area contributed by atoms with Crippen LogP contribution >= 0.6 is 11.6 Å². The molecule has 5 rings (SSSR count). The van der Waals surface area contributed by atoms with Gasteiger partial charge in [0.1, 0.15) is 23.3 Å². The van der Waals surface area contributed by atoms with Crippen LogP contribution in [0.3, 0.4) is 0 Å². The van der Waals surface area contributed by atoms with Gasteiger partial charge < -0.3 is 21.1 Å². The number of nitrogen functional groups attached to an aromatic ring is 1. The van der Waals surface area contributed by atoms with Crippen molar-refractivity contribution in [2.75, 3.05) is 18.2 Å². The van der Waals surface area contributed by atoms with Gasteiger partial charge in [-0.25, -0.2) is 4.98 Å². The number of hydrogen-bond acceptors (Lipinski definition) is 7. The van der Waals surface area contributed by atoms with Crippen LogP contribution in [-0.2, 0) is 4.79 Å². The number of methoxy groups -OCH3 is 1. The first-order valence-corrected chi connectivity index (χ1v) is 11.5. The molecular formula is C25H22ClN7O3. The van der Waals surface area contributed by atoms with Crippen molar-refractivity contribution in [3.63, 3.8) is 0 Å². The van der Waals surface area contributed by atoms with Crippen molar-refractivity contribution in [3.8, 4) is 28.1 Å². The molecule has 4 aromatic rings. The summed E-state index contributed by atoms with van der Waals surface area (Å²) in [5.41, 5.74) is 10.0. The fraction of sp³-hybridized carbons (Fsp3) is 0.160. The highest BCUT2D eigenvalue weighted by Gasteiger charge is 2.27. The van der Waals surface area contributed by atoms with Crippen molar-refractivity contribution < 1.29 is 14.3 Å². The van der Waals surface area contributed by atoms with E-state index in [2.05, 4.69) is 32.4 Å². The maximum atomic E-state index is 12.7. The molecule has 0 saturated heterocycles. The second kappa shape index (κ2) is 9.31. The molecule has 36 heavy (non-hydrogen) atoms. The van der Waals surface area contributed by atoms with Crippen LogP contribution in [0.5, 0.6) is 5.75 Å². The van der Waals surface area contributed by atoms with Crippen molar-refractivity contribution in [3.05, 3.63) is 66.0 Å². The van der Waals surface area contributed by atoms with E-state index >= 15 is 0 Å². The van der Waals surface area contributed by atoms with Gasteiger partial charge in [-0.15, -0.1) is 14.8 Å². The fourth-order valence-electron chi connectivity index (χ4n) is 3.88. The third kappa shape index (κ3) is 4.34. The first-order valence-electron chi connectivity index (χ1n) is 11.1. The molecule has 2 heterocycles. The first-order chi connectivity index (χ1) is 17.4. The fourth-order valence-corrected chi connectivity index (χ4v) is 4.15. The zero-order chi connectivity index (χ0) is 25.4. The van der Waals surface area contributed by atoms with Gasteiger partial charge in [0, 0.05) is 22.9 Å². The number of benzene rings is 2. The van der Waals surface area contributed by atoms with Gasteiger partial charge in [-0.05, 0) is 54.8 Å². The van der Waals surface area contributed by atoms with Crippen LogP contribution < -0.4 is 21.1 Å². The number of hydrogen-bond donors (Lipinski definition) is 3. The molecule has 0 spiro atoms. The Kier molecular flexibility index (Phi) is 6.03. The van der Waals surface area contributed by atoms with Gasteiger partial charge in [0.25, 0.3) is 5.91 Å². The summed E-state index contributed by atoms with van der Waals surface area (Å²) in [6.45, 7) is 3.45. The zero-order valence-corrected chi connectivity index (χ0v) is 20.0. The number of anilines is 2. The molecule has 4 N–H and O–H groups in total. The summed E-state index contributed by atoms with van der Waals surface area (Å²) in [5.74, 6) is 0.0800. The van der Waals surface area contributed by atoms with Gasteiger partial charge in [-0.3, -0.25) is 9.59 Å². The van der Waals surface area contributed by atoms with Crippen molar-refractivity contribution in [1.29, 1.82) is 0 Å². The van der Waals surface area contributed by atoms with E-state index in [1.165, 1.54) is 24.1 Å². The van der Waals surface area contributed by atoms with Crippen LogP contribution in [0.2, 0.25) is 5.02 Å². The number of aromatic nitrogens is 4. The normalized spacial score (nSPS) is 12.8. The monoisotopic (exact) mass is 503 g/mol. The second-order valence-electron chi connectivity index (χ2n) is 8.26. The Morgan fingerprint density at radius 3 is 2.75 bits per heavy atom. The molecule has 182 valence electrons. The molecule has 10 nitrogen and oxygen atoms in total. The zero-order valence-electron chi connectivity index (χ0n) is 19.3. The van der Waals surface area contributed by atoms with Gasteiger partial charge in [-0.1, -0.05) is 24.2 Å². The lowest BCUT2D eigenvalue weighted by Gasteiger charge is -2.12. The molecule has 0 radical (unpaired) electrons. The van der Waals surface area contributed by atoms with Crippen molar-refractivity contribution in [2.45, 2.75) is 18.9 Å². The number of halogens is 1. The van der Waals surface area contributed by atoms with Crippen LogP contribution in [0, 0.1) is 0 Å². The maximum Gasteiger partial charge on any atom is 0.255 e. The van der Waals surface area contributed by atoms with Gasteiger partial charge in [0.05, 0.1) is 17.7 Å². The maximum absolute atomic E-state index is 12.7. The Labute approximate surface area is 211 Å². The molecule has 1 fully saturated rings. The highest BCUT2D eigenvalue weighted by atomic mass is 35.5. The highest BCUT2D eigenvalue weighted by molar-refractivity contribution is 6.34. The van der Waals surface area contributed by atoms with E-state index in [0.717, 1.165) is 12.8 Å². The average molecular weight is 504 g/mol. The predicted octanol–water partition coefficient (Wildman–Crippen LogP) is 3.72. The van der Waals surface area contributed by atoms with Gasteiger partial charge >= 0.3 is 0 Å². The molecular weight excluding hydrogens is 482 g/mol. The lowest BCUT2D eigenvalue weighted by Crippen LogP contribution is -2.25. The molecule has 11 heteroatoms. The van der Waals surface area contributed by atoms with Crippen LogP contribution in [-0.4, -0.2) is 44.8 Å². The summed E-state index contributed by atoms with van der Waals surface area (Å²) < 4.78 is 6.94. The summed E-state index contributed by atoms with van der Waals surface area (Å²) in [7, 11) is 1.51. The molecule has 2 aromatic heterocycles. The van der Waals surface area contributed by atoms with E-state index in [1.54, 1.807) is 36.4 Å². The number of amides is 2. The third-order valence-corrected chi connectivity index (χ3v) is 6.11. The molecule has 1 aliphatic rings. The topological polar surface area (TPSA) is 137 Å². The van der Waals surface area contributed by atoms with Crippen LogP contribution in [0.15, 0.2) is 55.4 Å². The van der Waals surface area contributed by atoms with Crippen molar-refractivity contribution in [1.82, 2.24) is 25.1 Å². The molecule has 1 aliphatic carbocycles. The number of rotatable bonds is 7. The smallest absolute Gasteiger partial charge is 0.255 e. The van der Waals surface area contributed by atoms with Crippen LogP contribution in [0.4, 0.5) is 11.5 Å².